The van der Waals surface area contributed by atoms with Crippen LogP contribution in [-0.4, -0.2) is 6.54 Å². The predicted molar refractivity (Wildman–Crippen MR) is 95.7 cm³/mol. The molecule has 1 unspecified atom stereocenters. The normalized spacial score (nSPS) is 12.4. The van der Waals surface area contributed by atoms with E-state index in [1.807, 2.05) is 30.3 Å². The molecular formula is C16H15BrCl3N. The van der Waals surface area contributed by atoms with Crippen molar-refractivity contribution in [2.75, 3.05) is 6.54 Å². The van der Waals surface area contributed by atoms with Crippen molar-refractivity contribution in [3.63, 3.8) is 0 Å². The van der Waals surface area contributed by atoms with E-state index in [0.717, 1.165) is 33.6 Å². The van der Waals surface area contributed by atoms with Gasteiger partial charge in [-0.2, -0.15) is 0 Å². The summed E-state index contributed by atoms with van der Waals surface area (Å²) in [6.07, 6.45) is 0.726. The molecule has 112 valence electrons. The molecule has 0 saturated carbocycles. The Morgan fingerprint density at radius 3 is 2.57 bits per heavy atom. The van der Waals surface area contributed by atoms with E-state index in [1.54, 1.807) is 6.07 Å². The SMILES string of the molecule is CCNC(Cc1cccc(Cl)c1Cl)c1cc(Br)ccc1Cl. The highest BCUT2D eigenvalue weighted by Crippen LogP contribution is 2.32. The maximum atomic E-state index is 6.34. The number of halogens is 4. The second kappa shape index (κ2) is 7.85. The lowest BCUT2D eigenvalue weighted by atomic mass is 9.98. The highest BCUT2D eigenvalue weighted by Gasteiger charge is 2.17. The Labute approximate surface area is 148 Å². The summed E-state index contributed by atoms with van der Waals surface area (Å²) in [4.78, 5) is 0. The minimum absolute atomic E-state index is 0.0796. The lowest BCUT2D eigenvalue weighted by molar-refractivity contribution is 0.550. The lowest BCUT2D eigenvalue weighted by Gasteiger charge is -2.21. The Hall–Kier alpha value is -0.250. The van der Waals surface area contributed by atoms with Gasteiger partial charge >= 0.3 is 0 Å². The molecule has 1 atom stereocenters. The van der Waals surface area contributed by atoms with Crippen LogP contribution in [0.15, 0.2) is 40.9 Å². The van der Waals surface area contributed by atoms with E-state index in [2.05, 4.69) is 28.2 Å². The predicted octanol–water partition coefficient (Wildman–Crippen LogP) is 6.30. The van der Waals surface area contributed by atoms with Gasteiger partial charge in [0, 0.05) is 15.5 Å². The van der Waals surface area contributed by atoms with Gasteiger partial charge in [0.15, 0.2) is 0 Å². The first-order valence-electron chi connectivity index (χ1n) is 6.64. The van der Waals surface area contributed by atoms with Crippen molar-refractivity contribution in [3.05, 3.63) is 67.1 Å². The molecule has 0 aliphatic rings. The fourth-order valence-corrected chi connectivity index (χ4v) is 3.27. The third-order valence-corrected chi connectivity index (χ3v) is 4.94. The van der Waals surface area contributed by atoms with E-state index in [1.165, 1.54) is 0 Å². The zero-order valence-electron chi connectivity index (χ0n) is 11.5. The average Bonchev–Trinajstić information content (AvgIpc) is 2.46. The summed E-state index contributed by atoms with van der Waals surface area (Å²) in [5, 5.41) is 5.37. The number of likely N-dealkylation sites (N-methyl/N-ethyl adjacent to an activating group) is 1. The van der Waals surface area contributed by atoms with Gasteiger partial charge in [-0.15, -0.1) is 0 Å². The maximum absolute atomic E-state index is 6.34. The van der Waals surface area contributed by atoms with E-state index in [-0.39, 0.29) is 6.04 Å². The molecule has 5 heteroatoms. The van der Waals surface area contributed by atoms with Crippen molar-refractivity contribution in [1.29, 1.82) is 0 Å². The molecule has 0 bridgehead atoms. The van der Waals surface area contributed by atoms with Crippen molar-refractivity contribution < 1.29 is 0 Å². The molecule has 0 radical (unpaired) electrons. The van der Waals surface area contributed by atoms with Gasteiger partial charge in [-0.25, -0.2) is 0 Å². The molecule has 0 aromatic heterocycles. The van der Waals surface area contributed by atoms with Crippen molar-refractivity contribution in [3.8, 4) is 0 Å². The number of benzene rings is 2. The summed E-state index contributed by atoms with van der Waals surface area (Å²) in [6, 6.07) is 11.6. The van der Waals surface area contributed by atoms with Gasteiger partial charge in [0.1, 0.15) is 0 Å². The van der Waals surface area contributed by atoms with Crippen molar-refractivity contribution >= 4 is 50.7 Å². The monoisotopic (exact) mass is 405 g/mol. The summed E-state index contributed by atoms with van der Waals surface area (Å²) in [5.41, 5.74) is 2.05. The first kappa shape index (κ1) is 17.1. The van der Waals surface area contributed by atoms with E-state index in [4.69, 9.17) is 34.8 Å². The molecule has 2 aromatic rings. The van der Waals surface area contributed by atoms with Crippen LogP contribution in [0.4, 0.5) is 0 Å². The fourth-order valence-electron chi connectivity index (χ4n) is 2.25. The zero-order chi connectivity index (χ0) is 15.4. The Bertz CT molecular complexity index is 631. The van der Waals surface area contributed by atoms with Crippen LogP contribution >= 0.6 is 50.7 Å². The summed E-state index contributed by atoms with van der Waals surface area (Å²) < 4.78 is 1.00. The zero-order valence-corrected chi connectivity index (χ0v) is 15.3. The van der Waals surface area contributed by atoms with Crippen LogP contribution in [-0.2, 0) is 6.42 Å². The molecule has 0 aliphatic carbocycles. The number of hydrogen-bond donors (Lipinski definition) is 1. The van der Waals surface area contributed by atoms with E-state index >= 15 is 0 Å². The standard InChI is InChI=1S/C16H15BrCl3N/c1-2-21-15(12-9-11(17)6-7-13(12)18)8-10-4-3-5-14(19)16(10)20/h3-7,9,15,21H,2,8H2,1H3. The van der Waals surface area contributed by atoms with Crippen molar-refractivity contribution in [1.82, 2.24) is 5.32 Å². The molecule has 0 heterocycles. The molecular weight excluding hydrogens is 392 g/mol. The Balaban J connectivity index is 2.35. The Morgan fingerprint density at radius 2 is 1.86 bits per heavy atom. The average molecular weight is 408 g/mol. The van der Waals surface area contributed by atoms with E-state index < -0.39 is 0 Å². The number of rotatable bonds is 5. The molecule has 0 fully saturated rings. The van der Waals surface area contributed by atoms with Crippen LogP contribution in [0.25, 0.3) is 0 Å². The van der Waals surface area contributed by atoms with Gasteiger partial charge < -0.3 is 5.32 Å². The third-order valence-electron chi connectivity index (χ3n) is 3.24. The highest BCUT2D eigenvalue weighted by molar-refractivity contribution is 9.10. The van der Waals surface area contributed by atoms with Gasteiger partial charge in [-0.05, 0) is 48.4 Å². The van der Waals surface area contributed by atoms with Gasteiger partial charge in [0.05, 0.1) is 10.0 Å². The summed E-state index contributed by atoms with van der Waals surface area (Å²) in [5.74, 6) is 0. The van der Waals surface area contributed by atoms with Gasteiger partial charge in [0.2, 0.25) is 0 Å². The van der Waals surface area contributed by atoms with Crippen LogP contribution in [0.1, 0.15) is 24.1 Å². The Morgan fingerprint density at radius 1 is 1.10 bits per heavy atom. The molecule has 21 heavy (non-hydrogen) atoms. The first-order valence-corrected chi connectivity index (χ1v) is 8.56. The second-order valence-corrected chi connectivity index (χ2v) is 6.80. The largest absolute Gasteiger partial charge is 0.310 e. The summed E-state index contributed by atoms with van der Waals surface area (Å²) >= 11 is 22.2. The quantitative estimate of drug-likeness (QED) is 0.613. The molecule has 0 spiro atoms. The van der Waals surface area contributed by atoms with Crippen LogP contribution in [0, 0.1) is 0 Å². The van der Waals surface area contributed by atoms with Crippen LogP contribution < -0.4 is 5.32 Å². The van der Waals surface area contributed by atoms with Crippen molar-refractivity contribution in [2.24, 2.45) is 0 Å². The number of nitrogens with one attached hydrogen (secondary N) is 1. The second-order valence-electron chi connectivity index (χ2n) is 4.69. The van der Waals surface area contributed by atoms with E-state index in [0.29, 0.717) is 10.0 Å². The molecule has 1 nitrogen and oxygen atoms in total. The molecule has 2 aromatic carbocycles. The van der Waals surface area contributed by atoms with E-state index in [9.17, 15) is 0 Å². The summed E-state index contributed by atoms with van der Waals surface area (Å²) in [6.45, 7) is 2.91. The fraction of sp³-hybridized carbons (Fsp3) is 0.250. The highest BCUT2D eigenvalue weighted by atomic mass is 79.9. The molecule has 0 aliphatic heterocycles. The van der Waals surface area contributed by atoms with Gasteiger partial charge in [0.25, 0.3) is 0 Å². The van der Waals surface area contributed by atoms with Crippen LogP contribution in [0.5, 0.6) is 0 Å². The molecule has 0 saturated heterocycles. The topological polar surface area (TPSA) is 12.0 Å². The van der Waals surface area contributed by atoms with Gasteiger partial charge in [-0.1, -0.05) is 69.8 Å². The Kier molecular flexibility index (Phi) is 6.39. The number of hydrogen-bond acceptors (Lipinski definition) is 1. The first-order chi connectivity index (χ1) is 10.0. The molecule has 2 rings (SSSR count). The minimum Gasteiger partial charge on any atom is -0.310 e. The third kappa shape index (κ3) is 4.37. The summed E-state index contributed by atoms with van der Waals surface area (Å²) in [7, 11) is 0. The smallest absolute Gasteiger partial charge is 0.0624 e. The maximum Gasteiger partial charge on any atom is 0.0624 e. The van der Waals surface area contributed by atoms with Crippen LogP contribution in [0.2, 0.25) is 15.1 Å². The van der Waals surface area contributed by atoms with Crippen molar-refractivity contribution in [2.45, 2.75) is 19.4 Å². The van der Waals surface area contributed by atoms with Crippen LogP contribution in [0.3, 0.4) is 0 Å². The lowest BCUT2D eigenvalue weighted by Crippen LogP contribution is -2.23. The van der Waals surface area contributed by atoms with Gasteiger partial charge in [-0.3, -0.25) is 0 Å². The minimum atomic E-state index is 0.0796. The molecule has 1 N–H and O–H groups in total. The molecule has 0 amide bonds.